The minimum absolute atomic E-state index is 0.0772. The first kappa shape index (κ1) is 25.0. The first-order chi connectivity index (χ1) is 19.0. The summed E-state index contributed by atoms with van der Waals surface area (Å²) in [6, 6.07) is 17.9. The minimum atomic E-state index is -0.267. The average Bonchev–Trinajstić information content (AvgIpc) is 3.46. The van der Waals surface area contributed by atoms with E-state index in [2.05, 4.69) is 36.2 Å². The zero-order valence-corrected chi connectivity index (χ0v) is 22.1. The van der Waals surface area contributed by atoms with Crippen molar-refractivity contribution in [3.8, 4) is 5.75 Å². The molecule has 6 rings (SSSR count). The van der Waals surface area contributed by atoms with Gasteiger partial charge in [-0.2, -0.15) is 0 Å². The van der Waals surface area contributed by atoms with Crippen molar-refractivity contribution in [3.63, 3.8) is 0 Å². The Morgan fingerprint density at radius 2 is 1.97 bits per heavy atom. The normalized spacial score (nSPS) is 16.6. The van der Waals surface area contributed by atoms with Crippen molar-refractivity contribution in [1.82, 2.24) is 14.8 Å². The first-order valence-corrected chi connectivity index (χ1v) is 13.3. The van der Waals surface area contributed by atoms with Crippen molar-refractivity contribution in [1.29, 1.82) is 0 Å². The second-order valence-corrected chi connectivity index (χ2v) is 10.4. The summed E-state index contributed by atoms with van der Waals surface area (Å²) in [5.74, 6) is 1.78. The van der Waals surface area contributed by atoms with E-state index in [4.69, 9.17) is 13.6 Å². The predicted octanol–water partition coefficient (Wildman–Crippen LogP) is 5.31. The van der Waals surface area contributed by atoms with Crippen molar-refractivity contribution in [2.24, 2.45) is 5.92 Å². The van der Waals surface area contributed by atoms with Crippen LogP contribution in [0.2, 0.25) is 0 Å². The van der Waals surface area contributed by atoms with E-state index >= 15 is 0 Å². The summed E-state index contributed by atoms with van der Waals surface area (Å²) in [4.78, 5) is 33.9. The van der Waals surface area contributed by atoms with Gasteiger partial charge in [0.2, 0.25) is 11.8 Å². The van der Waals surface area contributed by atoms with Crippen molar-refractivity contribution in [2.45, 2.75) is 45.4 Å². The maximum atomic E-state index is 13.3. The molecule has 1 saturated carbocycles. The number of furan rings is 1. The van der Waals surface area contributed by atoms with Gasteiger partial charge >= 0.3 is 0 Å². The van der Waals surface area contributed by atoms with E-state index in [9.17, 15) is 9.59 Å². The van der Waals surface area contributed by atoms with E-state index in [0.29, 0.717) is 30.5 Å². The number of aromatic nitrogens is 1. The van der Waals surface area contributed by atoms with Crippen LogP contribution < -0.4 is 4.74 Å². The molecular weight excluding hydrogens is 494 g/mol. The van der Waals surface area contributed by atoms with Gasteiger partial charge in [0.25, 0.3) is 5.91 Å². The molecule has 39 heavy (non-hydrogen) atoms. The topological polar surface area (TPSA) is 89.0 Å². The molecule has 4 aromatic rings. The van der Waals surface area contributed by atoms with E-state index < -0.39 is 0 Å². The Morgan fingerprint density at radius 1 is 1.10 bits per heavy atom. The Hall–Kier alpha value is -4.33. The number of oxazole rings is 1. The summed E-state index contributed by atoms with van der Waals surface area (Å²) < 4.78 is 16.9. The lowest BCUT2D eigenvalue weighted by Crippen LogP contribution is -2.41. The molecule has 0 unspecified atom stereocenters. The number of amides is 2. The molecule has 1 aliphatic heterocycles. The standard InChI is InChI=1S/C31H31N3O5/c1-20-5-3-6-23(15-20)29-26-16-24(11-10-21(26)12-13-34(29)30(35)22-8-9-22)38-19-28-32-27(18-39-28)31(36)33(2)17-25-7-4-14-37-25/h3-7,10-11,14-16,18,22,29H,8-9,12-13,17,19H2,1-2H3/t29-/m0/s1. The Bertz CT molecular complexity index is 1490. The highest BCUT2D eigenvalue weighted by atomic mass is 16.5. The van der Waals surface area contributed by atoms with Crippen LogP contribution in [0.5, 0.6) is 5.75 Å². The van der Waals surface area contributed by atoms with Gasteiger partial charge < -0.3 is 23.4 Å². The van der Waals surface area contributed by atoms with Gasteiger partial charge in [-0.25, -0.2) is 4.98 Å². The van der Waals surface area contributed by atoms with Crippen LogP contribution in [0, 0.1) is 12.8 Å². The van der Waals surface area contributed by atoms with E-state index in [0.717, 1.165) is 36.0 Å². The van der Waals surface area contributed by atoms with E-state index in [1.807, 2.05) is 29.2 Å². The molecule has 0 N–H and O–H groups in total. The second-order valence-electron chi connectivity index (χ2n) is 10.4. The highest BCUT2D eigenvalue weighted by Crippen LogP contribution is 2.41. The summed E-state index contributed by atoms with van der Waals surface area (Å²) in [6.07, 6.45) is 5.69. The van der Waals surface area contributed by atoms with Crippen molar-refractivity contribution in [2.75, 3.05) is 13.6 Å². The molecule has 1 aliphatic carbocycles. The number of carbonyl (C=O) groups is 2. The van der Waals surface area contributed by atoms with Gasteiger partial charge in [0.05, 0.1) is 18.8 Å². The van der Waals surface area contributed by atoms with Crippen LogP contribution in [0.15, 0.2) is 76.0 Å². The number of carbonyl (C=O) groups excluding carboxylic acids is 2. The van der Waals surface area contributed by atoms with Crippen LogP contribution in [0.1, 0.15) is 63.3 Å². The maximum Gasteiger partial charge on any atom is 0.275 e. The molecule has 0 bridgehead atoms. The Morgan fingerprint density at radius 3 is 2.74 bits per heavy atom. The summed E-state index contributed by atoms with van der Waals surface area (Å²) in [5, 5.41) is 0. The zero-order valence-electron chi connectivity index (χ0n) is 22.1. The highest BCUT2D eigenvalue weighted by molar-refractivity contribution is 5.91. The van der Waals surface area contributed by atoms with Crippen LogP contribution in [-0.2, 0) is 24.4 Å². The van der Waals surface area contributed by atoms with Gasteiger partial charge in [-0.3, -0.25) is 9.59 Å². The second kappa shape index (κ2) is 10.4. The number of nitrogens with zero attached hydrogens (tertiary/aromatic N) is 3. The molecule has 2 amide bonds. The Labute approximate surface area is 227 Å². The monoisotopic (exact) mass is 525 g/mol. The quantitative estimate of drug-likeness (QED) is 0.310. The number of ether oxygens (including phenoxy) is 1. The number of aryl methyl sites for hydroxylation is 1. The van der Waals surface area contributed by atoms with Gasteiger partial charge in [-0.05, 0) is 67.1 Å². The summed E-state index contributed by atoms with van der Waals surface area (Å²) in [6.45, 7) is 3.20. The van der Waals surface area contributed by atoms with Gasteiger partial charge in [-0.1, -0.05) is 35.9 Å². The summed E-state index contributed by atoms with van der Waals surface area (Å²) in [7, 11) is 1.69. The Kier molecular flexibility index (Phi) is 6.69. The van der Waals surface area contributed by atoms with Gasteiger partial charge in [0.1, 0.15) is 17.8 Å². The lowest BCUT2D eigenvalue weighted by molar-refractivity contribution is -0.134. The molecule has 0 saturated heterocycles. The van der Waals surface area contributed by atoms with Crippen LogP contribution in [0.4, 0.5) is 0 Å². The number of hydrogen-bond acceptors (Lipinski definition) is 6. The molecule has 2 aromatic heterocycles. The number of hydrogen-bond donors (Lipinski definition) is 0. The fourth-order valence-electron chi connectivity index (χ4n) is 5.21. The van der Waals surface area contributed by atoms with Crippen molar-refractivity contribution >= 4 is 11.8 Å². The van der Waals surface area contributed by atoms with Crippen LogP contribution >= 0.6 is 0 Å². The average molecular weight is 526 g/mol. The van der Waals surface area contributed by atoms with Gasteiger partial charge in [0, 0.05) is 19.5 Å². The molecule has 8 heteroatoms. The SMILES string of the molecule is Cc1cccc([C@H]2c3cc(OCc4nc(C(=O)N(C)Cc5ccco5)co4)ccc3CCN2C(=O)C2CC2)c1. The third-order valence-corrected chi connectivity index (χ3v) is 7.37. The molecule has 2 aromatic carbocycles. The van der Waals surface area contributed by atoms with E-state index in [1.54, 1.807) is 19.4 Å². The molecule has 8 nitrogen and oxygen atoms in total. The van der Waals surface area contributed by atoms with E-state index in [1.165, 1.54) is 16.7 Å². The minimum Gasteiger partial charge on any atom is -0.484 e. The lowest BCUT2D eigenvalue weighted by atomic mass is 9.87. The molecule has 3 heterocycles. The fraction of sp³-hybridized carbons (Fsp3) is 0.323. The highest BCUT2D eigenvalue weighted by Gasteiger charge is 2.39. The van der Waals surface area contributed by atoms with Gasteiger partial charge in [-0.15, -0.1) is 0 Å². The third-order valence-electron chi connectivity index (χ3n) is 7.37. The smallest absolute Gasteiger partial charge is 0.275 e. The van der Waals surface area contributed by atoms with Crippen molar-refractivity contribution < 1.29 is 23.2 Å². The van der Waals surface area contributed by atoms with Gasteiger partial charge in [0.15, 0.2) is 12.3 Å². The largest absolute Gasteiger partial charge is 0.484 e. The fourth-order valence-corrected chi connectivity index (χ4v) is 5.21. The van der Waals surface area contributed by atoms with Crippen LogP contribution in [-0.4, -0.2) is 40.2 Å². The van der Waals surface area contributed by atoms with Crippen molar-refractivity contribution in [3.05, 3.63) is 107 Å². The first-order valence-electron chi connectivity index (χ1n) is 13.3. The molecule has 2 aliphatic rings. The third kappa shape index (κ3) is 5.32. The molecule has 1 fully saturated rings. The molecular formula is C31H31N3O5. The summed E-state index contributed by atoms with van der Waals surface area (Å²) in [5.41, 5.74) is 4.78. The van der Waals surface area contributed by atoms with E-state index in [-0.39, 0.29) is 36.1 Å². The number of rotatable bonds is 8. The molecule has 0 spiro atoms. The summed E-state index contributed by atoms with van der Waals surface area (Å²) >= 11 is 0. The molecule has 200 valence electrons. The number of benzene rings is 2. The zero-order chi connectivity index (χ0) is 26.9. The van der Waals surface area contributed by atoms with Crippen LogP contribution in [0.25, 0.3) is 0 Å². The maximum absolute atomic E-state index is 13.3. The lowest BCUT2D eigenvalue weighted by Gasteiger charge is -2.38. The number of fused-ring (bicyclic) bond motifs is 1. The molecule has 1 atom stereocenters. The predicted molar refractivity (Wildman–Crippen MR) is 143 cm³/mol. The van der Waals surface area contributed by atoms with Crippen LogP contribution in [0.3, 0.4) is 0 Å². The Balaban J connectivity index is 1.19. The molecule has 0 radical (unpaired) electrons.